The molecule has 0 saturated carbocycles. The van der Waals surface area contributed by atoms with Crippen molar-refractivity contribution in [3.63, 3.8) is 0 Å². The van der Waals surface area contributed by atoms with Crippen molar-refractivity contribution in [1.29, 1.82) is 0 Å². The van der Waals surface area contributed by atoms with Gasteiger partial charge in [-0.3, -0.25) is 72.1 Å². The van der Waals surface area contributed by atoms with Crippen molar-refractivity contribution in [2.45, 2.75) is 209 Å². The van der Waals surface area contributed by atoms with E-state index in [2.05, 4.69) is 67.9 Å². The Kier molecular flexibility index (Phi) is 40.8. The van der Waals surface area contributed by atoms with Gasteiger partial charge in [0.15, 0.2) is 5.96 Å². The summed E-state index contributed by atoms with van der Waals surface area (Å²) in [4.78, 5) is 220. The summed E-state index contributed by atoms with van der Waals surface area (Å²) in [5.74, 6) is -12.1. The van der Waals surface area contributed by atoms with Crippen molar-refractivity contribution < 1.29 is 77.0 Å². The molecule has 596 valence electrons. The largest absolute Gasteiger partial charge is 0.480 e. The van der Waals surface area contributed by atoms with Crippen molar-refractivity contribution in [1.82, 2.24) is 63.0 Å². The normalized spacial score (nSPS) is 15.9. The van der Waals surface area contributed by atoms with Gasteiger partial charge in [0.1, 0.15) is 60.4 Å². The number of carbonyl (C=O) groups is 15. The Labute approximate surface area is 639 Å². The molecule has 0 radical (unpaired) electrons. The molecule has 2 aromatic rings. The number of hydrogen-bond acceptors (Lipinski definition) is 17. The first-order valence-electron chi connectivity index (χ1n) is 36.7. The average molecular weight is 1540 g/mol. The standard InChI is InChI=1S/C73H107N19O16S/c1-45(2)41-53(66(101)88-52(72(107)108)33-40-109-5)84-62(97)44-82-63(98)54(42-46-19-8-6-9-20-46)89-67(102)55(43-47-21-10-7-11-22-47)90-65(100)48(29-31-58(74)93)85-64(99)49(30-32-59(75)94)86-68(103)56-25-17-39-92(56)71(106)51(23-12-13-36-80-60(95)27-15-34-78-3)87-69(104)57-26-18-38-91(57)70(105)50(24-14-37-81-73(76)77)83-61(96)28-16-35-79-4/h6-11,19-22,45,48-57H,12-18,23-44H2,1-2,5H3,(H2,74,93)(H2,75,94)(H,80,95)(H,82,98)(H,83,96)(H,84,97)(H,85,99)(H,86,103)(H,87,104)(H,88,101)(H,89,102)(H,90,100)(H,107,108)(H4,76,77,81)/t48-,49-,50-,51-,52-,53-,54-,55-,56-,57-/m0/s1. The van der Waals surface area contributed by atoms with Gasteiger partial charge in [-0.25, -0.2) is 17.9 Å². The second-order valence-corrected chi connectivity index (χ2v) is 28.1. The fourth-order valence-electron chi connectivity index (χ4n) is 12.3. The quantitative estimate of drug-likeness (QED) is 0.0157. The smallest absolute Gasteiger partial charge is 0.326 e. The predicted octanol–water partition coefficient (Wildman–Crippen LogP) is -1.40. The minimum absolute atomic E-state index is 0.0204. The molecule has 2 aliphatic heterocycles. The Hall–Kier alpha value is -10.9. The lowest BCUT2D eigenvalue weighted by Crippen LogP contribution is -2.60. The van der Waals surface area contributed by atoms with E-state index in [-0.39, 0.29) is 147 Å². The molecule has 14 amide bonds. The van der Waals surface area contributed by atoms with Gasteiger partial charge < -0.3 is 101 Å². The molecule has 0 aromatic heterocycles. The van der Waals surface area contributed by atoms with E-state index in [1.54, 1.807) is 80.8 Å². The third kappa shape index (κ3) is 33.8. The predicted molar refractivity (Wildman–Crippen MR) is 403 cm³/mol. The number of nitrogens with one attached hydrogen (secondary N) is 10. The van der Waals surface area contributed by atoms with Crippen molar-refractivity contribution >= 4 is 106 Å². The monoisotopic (exact) mass is 1540 g/mol. The van der Waals surface area contributed by atoms with Gasteiger partial charge in [0, 0.05) is 77.5 Å². The number of carboxylic acid groups (broad SMARTS) is 1. The number of primary amides is 2. The van der Waals surface area contributed by atoms with Gasteiger partial charge in [-0.2, -0.15) is 11.8 Å². The molecule has 2 fully saturated rings. The summed E-state index contributed by atoms with van der Waals surface area (Å²) in [6.07, 6.45) is 2.04. The SMILES string of the molecule is [C-]#[N+]CCCC(=O)NCCCC[C@H](NC(=O)[C@@H]1CCCN1C(=O)[C@H](CCCN=C(N)N)NC(=O)CCC[N+]#[C-])C(=O)N1CCC[C@H]1C(=O)N[C@@H](CCC(N)=O)C(=O)N[C@@H](CCC(N)=O)C(=O)N[C@@H](Cc1ccccc1)C(=O)N[C@@H](Cc1ccccc1)C(=O)NCC(=O)N[C@@H](CC(C)C)C(=O)N[C@@H](CCSC)C(=O)O. The molecular formula is C73H107N19O16S. The van der Waals surface area contributed by atoms with Crippen molar-refractivity contribution in [2.24, 2.45) is 33.8 Å². The molecule has 0 bridgehead atoms. The maximum Gasteiger partial charge on any atom is 0.326 e. The van der Waals surface area contributed by atoms with Crippen LogP contribution in [0.1, 0.15) is 147 Å². The second-order valence-electron chi connectivity index (χ2n) is 27.1. The molecule has 19 N–H and O–H groups in total. The Bertz CT molecular complexity index is 3540. The molecule has 2 aromatic carbocycles. The highest BCUT2D eigenvalue weighted by molar-refractivity contribution is 7.98. The zero-order valence-electron chi connectivity index (χ0n) is 62.2. The van der Waals surface area contributed by atoms with E-state index >= 15 is 4.79 Å². The average Bonchev–Trinajstić information content (AvgIpc) is 1.73. The summed E-state index contributed by atoms with van der Waals surface area (Å²) in [6.45, 7) is 17.6. The maximum absolute atomic E-state index is 15.0. The van der Waals surface area contributed by atoms with E-state index in [0.29, 0.717) is 36.1 Å². The number of rotatable bonds is 50. The lowest BCUT2D eigenvalue weighted by molar-refractivity contribution is -0.144. The van der Waals surface area contributed by atoms with E-state index in [0.717, 1.165) is 0 Å². The topological polar surface area (TPSA) is 528 Å². The number of aliphatic carboxylic acids is 1. The Balaban J connectivity index is 1.62. The van der Waals surface area contributed by atoms with Crippen molar-refractivity contribution in [3.8, 4) is 0 Å². The molecular weight excluding hydrogens is 1430 g/mol. The van der Waals surface area contributed by atoms with Gasteiger partial charge in [-0.05, 0) is 113 Å². The van der Waals surface area contributed by atoms with Crippen LogP contribution in [0.5, 0.6) is 0 Å². The number of hydrogen-bond donors (Lipinski definition) is 15. The zero-order chi connectivity index (χ0) is 80.4. The second kappa shape index (κ2) is 49.1. The van der Waals surface area contributed by atoms with Crippen LogP contribution in [0.2, 0.25) is 0 Å². The number of carboxylic acids is 1. The van der Waals surface area contributed by atoms with Crippen LogP contribution >= 0.6 is 11.8 Å². The third-order valence-corrected chi connectivity index (χ3v) is 18.6. The summed E-state index contributed by atoms with van der Waals surface area (Å²) in [6, 6.07) is 3.13. The van der Waals surface area contributed by atoms with E-state index in [1.165, 1.54) is 21.6 Å². The van der Waals surface area contributed by atoms with E-state index in [1.807, 2.05) is 0 Å². The number of nitrogens with two attached hydrogens (primary N) is 4. The molecule has 0 aliphatic carbocycles. The minimum atomic E-state index is -1.70. The number of benzene rings is 2. The summed E-state index contributed by atoms with van der Waals surface area (Å²) < 4.78 is 0. The summed E-state index contributed by atoms with van der Waals surface area (Å²) in [7, 11) is 0. The molecule has 35 nitrogen and oxygen atoms in total. The van der Waals surface area contributed by atoms with Gasteiger partial charge in [0.25, 0.3) is 0 Å². The summed E-state index contributed by atoms with van der Waals surface area (Å²) in [5, 5.41) is 36.1. The van der Waals surface area contributed by atoms with Gasteiger partial charge in [0.2, 0.25) is 95.8 Å². The molecule has 2 heterocycles. The van der Waals surface area contributed by atoms with Crippen LogP contribution in [0, 0.1) is 19.1 Å². The third-order valence-electron chi connectivity index (χ3n) is 17.9. The van der Waals surface area contributed by atoms with Crippen LogP contribution in [0.15, 0.2) is 65.7 Å². The van der Waals surface area contributed by atoms with Crippen molar-refractivity contribution in [3.05, 3.63) is 94.6 Å². The van der Waals surface area contributed by atoms with Gasteiger partial charge >= 0.3 is 5.97 Å². The number of guanidine groups is 1. The first kappa shape index (κ1) is 90.5. The lowest BCUT2D eigenvalue weighted by Gasteiger charge is -2.32. The van der Waals surface area contributed by atoms with Crippen LogP contribution in [0.4, 0.5) is 0 Å². The number of likely N-dealkylation sites (tertiary alicyclic amines) is 2. The van der Waals surface area contributed by atoms with Gasteiger partial charge in [0.05, 0.1) is 6.54 Å². The van der Waals surface area contributed by atoms with Crippen LogP contribution in [-0.2, 0) is 84.8 Å². The van der Waals surface area contributed by atoms with Crippen LogP contribution in [0.25, 0.3) is 9.69 Å². The maximum atomic E-state index is 15.0. The molecule has 0 spiro atoms. The highest BCUT2D eigenvalue weighted by atomic mass is 32.2. The molecule has 36 heteroatoms. The molecule has 109 heavy (non-hydrogen) atoms. The molecule has 2 aliphatic rings. The minimum Gasteiger partial charge on any atom is -0.480 e. The number of nitrogens with zero attached hydrogens (tertiary/aromatic N) is 5. The highest BCUT2D eigenvalue weighted by Gasteiger charge is 2.43. The van der Waals surface area contributed by atoms with Gasteiger partial charge in [-0.1, -0.05) is 74.5 Å². The molecule has 4 rings (SSSR count). The molecule has 10 atom stereocenters. The van der Waals surface area contributed by atoms with Gasteiger partial charge in [-0.15, -0.1) is 0 Å². The lowest BCUT2D eigenvalue weighted by atomic mass is 10.0. The van der Waals surface area contributed by atoms with E-state index in [4.69, 9.17) is 36.1 Å². The van der Waals surface area contributed by atoms with E-state index < -0.39 is 175 Å². The molecule has 2 saturated heterocycles. The van der Waals surface area contributed by atoms with Crippen LogP contribution < -0.4 is 76.1 Å². The number of aliphatic imine (C=N–C) groups is 1. The van der Waals surface area contributed by atoms with Crippen LogP contribution in [-0.4, -0.2) is 228 Å². The van der Waals surface area contributed by atoms with Crippen molar-refractivity contribution in [2.75, 3.05) is 57.8 Å². The zero-order valence-corrected chi connectivity index (χ0v) is 63.0. The first-order valence-corrected chi connectivity index (χ1v) is 38.1. The van der Waals surface area contributed by atoms with Crippen LogP contribution in [0.3, 0.4) is 0 Å². The number of thioether (sulfide) groups is 1. The number of carbonyl (C=O) groups excluding carboxylic acids is 14. The fraction of sp³-hybridized carbons (Fsp3) is 0.589. The fourth-order valence-corrected chi connectivity index (χ4v) is 12.8. The molecule has 0 unspecified atom stereocenters. The Morgan fingerprint density at radius 2 is 0.954 bits per heavy atom. The van der Waals surface area contributed by atoms with E-state index in [9.17, 15) is 72.2 Å². The number of unbranched alkanes of at least 4 members (excludes halogenated alkanes) is 1. The summed E-state index contributed by atoms with van der Waals surface area (Å²) >= 11 is 1.39. The number of amides is 14. The highest BCUT2D eigenvalue weighted by Crippen LogP contribution is 2.24. The Morgan fingerprint density at radius 1 is 0.505 bits per heavy atom. The summed E-state index contributed by atoms with van der Waals surface area (Å²) in [5.41, 5.74) is 23.3. The Morgan fingerprint density at radius 3 is 1.45 bits per heavy atom. The first-order chi connectivity index (χ1) is 52.0.